The van der Waals surface area contributed by atoms with E-state index in [2.05, 4.69) is 25.2 Å². The van der Waals surface area contributed by atoms with Gasteiger partial charge in [-0.15, -0.1) is 0 Å². The first-order valence-electron chi connectivity index (χ1n) is 14.0. The van der Waals surface area contributed by atoms with Gasteiger partial charge in [-0.3, -0.25) is 14.4 Å². The van der Waals surface area contributed by atoms with Crippen LogP contribution in [0.15, 0.2) is 11.6 Å². The van der Waals surface area contributed by atoms with Crippen molar-refractivity contribution in [1.82, 2.24) is 5.32 Å². The summed E-state index contributed by atoms with van der Waals surface area (Å²) in [4.78, 5) is 36.7. The number of allylic oxidation sites excluding steroid dienone is 1. The van der Waals surface area contributed by atoms with E-state index >= 15 is 0 Å². The summed E-state index contributed by atoms with van der Waals surface area (Å²) in [5.74, 6) is 1.24. The van der Waals surface area contributed by atoms with Crippen LogP contribution in [0.5, 0.6) is 0 Å². The Bertz CT molecular complexity index is 867. The first-order valence-corrected chi connectivity index (χ1v) is 14.0. The van der Waals surface area contributed by atoms with E-state index in [9.17, 15) is 14.4 Å². The van der Waals surface area contributed by atoms with Crippen molar-refractivity contribution >= 4 is 17.8 Å². The molecule has 4 aliphatic rings. The lowest BCUT2D eigenvalue weighted by atomic mass is 9.48. The molecule has 0 saturated heterocycles. The molecule has 3 saturated carbocycles. The highest BCUT2D eigenvalue weighted by atomic mass is 16.5. The Kier molecular flexibility index (Phi) is 7.68. The number of fused-ring (bicyclic) bond motifs is 5. The van der Waals surface area contributed by atoms with Crippen LogP contribution in [0.4, 0.5) is 0 Å². The van der Waals surface area contributed by atoms with Crippen LogP contribution in [-0.4, -0.2) is 36.1 Å². The molecule has 0 aromatic carbocycles. The molecule has 0 aromatic rings. The van der Waals surface area contributed by atoms with Gasteiger partial charge in [-0.05, 0) is 80.0 Å². The number of rotatable bonds is 7. The largest absolute Gasteiger partial charge is 0.462 e. The van der Waals surface area contributed by atoms with Gasteiger partial charge in [0, 0.05) is 26.2 Å². The van der Waals surface area contributed by atoms with Gasteiger partial charge in [0.25, 0.3) is 0 Å². The second-order valence-corrected chi connectivity index (χ2v) is 12.1. The Balaban J connectivity index is 1.54. The summed E-state index contributed by atoms with van der Waals surface area (Å²) < 4.78 is 11.8. The standard InChI is InChI=1S/C29H45NO5/c1-6-8-25(32)34-20-12-14-28(4)19(16-20)10-11-21-22(28)13-15-29(5)23(21)17-24(27(29)30-18(3)31)35-26(33)9-7-2/h10,20-24,27H,6-9,11-17H2,1-5H3,(H,30,31)/t20-,21-,22+,23+,24+,27+,28+,29+/m1/s1. The van der Waals surface area contributed by atoms with E-state index in [-0.39, 0.29) is 46.9 Å². The minimum atomic E-state index is -0.251. The molecule has 1 amide bonds. The summed E-state index contributed by atoms with van der Waals surface area (Å²) >= 11 is 0. The molecule has 0 radical (unpaired) electrons. The Morgan fingerprint density at radius 2 is 1.69 bits per heavy atom. The number of hydrogen-bond donors (Lipinski definition) is 1. The van der Waals surface area contributed by atoms with Crippen molar-refractivity contribution in [3.05, 3.63) is 11.6 Å². The topological polar surface area (TPSA) is 81.7 Å². The lowest BCUT2D eigenvalue weighted by Gasteiger charge is -2.57. The molecular weight excluding hydrogens is 442 g/mol. The maximum absolute atomic E-state index is 12.4. The second kappa shape index (κ2) is 10.3. The number of amides is 1. The van der Waals surface area contributed by atoms with Gasteiger partial charge in [-0.1, -0.05) is 39.3 Å². The van der Waals surface area contributed by atoms with E-state index in [4.69, 9.17) is 9.47 Å². The Morgan fingerprint density at radius 3 is 2.34 bits per heavy atom. The van der Waals surface area contributed by atoms with Crippen LogP contribution in [0, 0.1) is 28.6 Å². The summed E-state index contributed by atoms with van der Waals surface area (Å²) in [6.07, 6.45) is 11.6. The van der Waals surface area contributed by atoms with Crippen LogP contribution in [0.25, 0.3) is 0 Å². The van der Waals surface area contributed by atoms with Crippen molar-refractivity contribution in [1.29, 1.82) is 0 Å². The predicted octanol–water partition coefficient (Wildman–Crippen LogP) is 5.49. The van der Waals surface area contributed by atoms with Gasteiger partial charge in [0.05, 0.1) is 6.04 Å². The van der Waals surface area contributed by atoms with Crippen LogP contribution in [0.3, 0.4) is 0 Å². The maximum atomic E-state index is 12.4. The maximum Gasteiger partial charge on any atom is 0.306 e. The summed E-state index contributed by atoms with van der Waals surface area (Å²) in [6, 6.07) is -0.126. The van der Waals surface area contributed by atoms with Gasteiger partial charge < -0.3 is 14.8 Å². The van der Waals surface area contributed by atoms with Crippen molar-refractivity contribution in [2.45, 2.75) is 123 Å². The van der Waals surface area contributed by atoms with Gasteiger partial charge in [-0.2, -0.15) is 0 Å². The molecule has 4 rings (SSSR count). The molecule has 8 atom stereocenters. The molecule has 0 aliphatic heterocycles. The number of carbonyl (C=O) groups is 3. The van der Waals surface area contributed by atoms with Gasteiger partial charge in [0.1, 0.15) is 12.2 Å². The second-order valence-electron chi connectivity index (χ2n) is 12.1. The molecule has 0 spiro atoms. The zero-order chi connectivity index (χ0) is 25.4. The van der Waals surface area contributed by atoms with Crippen LogP contribution in [0.1, 0.15) is 105 Å². The summed E-state index contributed by atoms with van der Waals surface area (Å²) in [5, 5.41) is 3.19. The molecule has 35 heavy (non-hydrogen) atoms. The lowest BCUT2D eigenvalue weighted by molar-refractivity contribution is -0.152. The first-order chi connectivity index (χ1) is 16.6. The van der Waals surface area contributed by atoms with Crippen molar-refractivity contribution < 1.29 is 23.9 Å². The molecule has 6 heteroatoms. The van der Waals surface area contributed by atoms with E-state index in [0.29, 0.717) is 30.6 Å². The zero-order valence-corrected chi connectivity index (χ0v) is 22.4. The monoisotopic (exact) mass is 487 g/mol. The van der Waals surface area contributed by atoms with Crippen molar-refractivity contribution in [2.75, 3.05) is 0 Å². The fourth-order valence-electron chi connectivity index (χ4n) is 8.19. The molecule has 3 fully saturated rings. The highest BCUT2D eigenvalue weighted by molar-refractivity contribution is 5.74. The van der Waals surface area contributed by atoms with Crippen LogP contribution in [0.2, 0.25) is 0 Å². The Morgan fingerprint density at radius 1 is 1.00 bits per heavy atom. The summed E-state index contributed by atoms with van der Waals surface area (Å²) in [7, 11) is 0. The van der Waals surface area contributed by atoms with Crippen LogP contribution in [-0.2, 0) is 23.9 Å². The van der Waals surface area contributed by atoms with Gasteiger partial charge >= 0.3 is 11.9 Å². The Hall–Kier alpha value is -1.85. The molecule has 4 aliphatic carbocycles. The van der Waals surface area contributed by atoms with Gasteiger partial charge in [0.2, 0.25) is 5.91 Å². The average Bonchev–Trinajstić information content (AvgIpc) is 3.05. The fraction of sp³-hybridized carbons (Fsp3) is 0.828. The average molecular weight is 488 g/mol. The normalized spacial score (nSPS) is 40.0. The minimum Gasteiger partial charge on any atom is -0.462 e. The van der Waals surface area contributed by atoms with Crippen molar-refractivity contribution in [3.8, 4) is 0 Å². The van der Waals surface area contributed by atoms with Crippen LogP contribution < -0.4 is 5.32 Å². The van der Waals surface area contributed by atoms with Crippen LogP contribution >= 0.6 is 0 Å². The summed E-state index contributed by atoms with van der Waals surface area (Å²) in [6.45, 7) is 10.3. The SMILES string of the molecule is CCCC(=O)O[C@@H]1CC[C@@]2(C)C(=CC[C@H]3[C@@H]4C[C@H](OC(=O)CCC)[C@H](NC(C)=O)[C@@]4(C)CC[C@@H]32)C1. The van der Waals surface area contributed by atoms with E-state index in [1.54, 1.807) is 6.92 Å². The third kappa shape index (κ3) is 4.91. The molecule has 1 N–H and O–H groups in total. The number of hydrogen-bond acceptors (Lipinski definition) is 5. The molecule has 0 aromatic heterocycles. The molecule has 196 valence electrons. The Labute approximate surface area is 211 Å². The van der Waals surface area contributed by atoms with E-state index in [0.717, 1.165) is 57.8 Å². The number of nitrogens with one attached hydrogen (secondary N) is 1. The van der Waals surface area contributed by atoms with E-state index in [1.165, 1.54) is 5.57 Å². The van der Waals surface area contributed by atoms with Crippen molar-refractivity contribution in [2.24, 2.45) is 28.6 Å². The smallest absolute Gasteiger partial charge is 0.306 e. The van der Waals surface area contributed by atoms with E-state index < -0.39 is 0 Å². The quantitative estimate of drug-likeness (QED) is 0.379. The molecular formula is C29H45NO5. The molecule has 0 unspecified atom stereocenters. The molecule has 6 nitrogen and oxygen atoms in total. The zero-order valence-electron chi connectivity index (χ0n) is 22.4. The fourth-order valence-corrected chi connectivity index (χ4v) is 8.19. The summed E-state index contributed by atoms with van der Waals surface area (Å²) in [5.41, 5.74) is 1.54. The third-order valence-corrected chi connectivity index (χ3v) is 9.91. The molecule has 0 bridgehead atoms. The minimum absolute atomic E-state index is 0.0109. The number of ether oxygens (including phenoxy) is 2. The van der Waals surface area contributed by atoms with E-state index in [1.807, 2.05) is 13.8 Å². The lowest BCUT2D eigenvalue weighted by Crippen LogP contribution is -2.55. The third-order valence-electron chi connectivity index (χ3n) is 9.91. The van der Waals surface area contributed by atoms with Gasteiger partial charge in [0.15, 0.2) is 0 Å². The highest BCUT2D eigenvalue weighted by Crippen LogP contribution is 2.65. The number of carbonyl (C=O) groups excluding carboxylic acids is 3. The van der Waals surface area contributed by atoms with Crippen molar-refractivity contribution in [3.63, 3.8) is 0 Å². The first kappa shape index (κ1) is 26.2. The highest BCUT2D eigenvalue weighted by Gasteiger charge is 2.62. The molecule has 0 heterocycles. The predicted molar refractivity (Wildman–Crippen MR) is 134 cm³/mol. The van der Waals surface area contributed by atoms with Gasteiger partial charge in [-0.25, -0.2) is 0 Å². The number of esters is 2.